The van der Waals surface area contributed by atoms with Crippen molar-refractivity contribution in [1.29, 1.82) is 0 Å². The van der Waals surface area contributed by atoms with Gasteiger partial charge in [0.05, 0.1) is 6.54 Å². The number of carboxylic acids is 1. The third-order valence-electron chi connectivity index (χ3n) is 2.88. The Morgan fingerprint density at radius 1 is 1.38 bits per heavy atom. The summed E-state index contributed by atoms with van der Waals surface area (Å²) in [6, 6.07) is 1.79. The number of rotatable bonds is 4. The number of amides is 1. The molecule has 2 heterocycles. The summed E-state index contributed by atoms with van der Waals surface area (Å²) in [5.74, 6) is -1.97. The second-order valence-corrected chi connectivity index (χ2v) is 4.95. The number of aryl methyl sites for hydroxylation is 2. The van der Waals surface area contributed by atoms with Crippen LogP contribution >= 0.6 is 0 Å². The van der Waals surface area contributed by atoms with E-state index in [4.69, 9.17) is 5.11 Å². The van der Waals surface area contributed by atoms with Crippen molar-refractivity contribution in [2.45, 2.75) is 26.4 Å². The summed E-state index contributed by atoms with van der Waals surface area (Å²) in [6.45, 7) is 4.22. The Hall–Kier alpha value is -2.55. The third kappa shape index (κ3) is 2.97. The number of carbonyl (C=O) groups excluding carboxylic acids is 1. The van der Waals surface area contributed by atoms with E-state index in [0.717, 1.165) is 18.3 Å². The Bertz CT molecular complexity index is 722. The number of aliphatic carboxylic acids is 1. The molecule has 1 atom stereocenters. The molecule has 0 bridgehead atoms. The van der Waals surface area contributed by atoms with Crippen LogP contribution in [0, 0.1) is 13.8 Å². The third-order valence-corrected chi connectivity index (χ3v) is 2.88. The van der Waals surface area contributed by atoms with Gasteiger partial charge in [-0.15, -0.1) is 5.10 Å². The van der Waals surface area contributed by atoms with Gasteiger partial charge in [-0.05, 0) is 26.8 Å². The highest BCUT2D eigenvalue weighted by atomic mass is 16.4. The smallest absolute Gasteiger partial charge is 0.337 e. The summed E-state index contributed by atoms with van der Waals surface area (Å²) in [7, 11) is 0. The van der Waals surface area contributed by atoms with E-state index < -0.39 is 24.0 Å². The minimum absolute atomic E-state index is 0.141. The highest BCUT2D eigenvalue weighted by Crippen LogP contribution is 2.06. The van der Waals surface area contributed by atoms with E-state index in [9.17, 15) is 14.7 Å². The molecule has 0 fully saturated rings. The highest BCUT2D eigenvalue weighted by Gasteiger charge is 2.31. The summed E-state index contributed by atoms with van der Waals surface area (Å²) >= 11 is 0. The van der Waals surface area contributed by atoms with Crippen LogP contribution in [0.15, 0.2) is 6.07 Å². The van der Waals surface area contributed by atoms with Crippen LogP contribution in [-0.2, 0) is 4.79 Å². The molecule has 2 rings (SSSR count). The summed E-state index contributed by atoms with van der Waals surface area (Å²) in [5, 5.41) is 24.6. The van der Waals surface area contributed by atoms with E-state index in [0.29, 0.717) is 0 Å². The lowest BCUT2D eigenvalue weighted by Gasteiger charge is -2.17. The number of nitrogens with zero attached hydrogens (tertiary/aromatic N) is 4. The van der Waals surface area contributed by atoms with Gasteiger partial charge in [0.2, 0.25) is 5.82 Å². The van der Waals surface area contributed by atoms with E-state index in [2.05, 4.69) is 20.4 Å². The summed E-state index contributed by atoms with van der Waals surface area (Å²) in [6.07, 6.45) is 0. The van der Waals surface area contributed by atoms with Crippen molar-refractivity contribution < 1.29 is 19.8 Å². The van der Waals surface area contributed by atoms with Crippen molar-refractivity contribution >= 4 is 17.7 Å². The highest BCUT2D eigenvalue weighted by molar-refractivity contribution is 5.91. The van der Waals surface area contributed by atoms with Crippen LogP contribution in [0.5, 0.6) is 0 Å². The normalized spacial score (nSPS) is 13.9. The number of hydrogen-bond donors (Lipinski definition) is 3. The standard InChI is InChI=1S/C12H15N5O4/c1-6-4-7(2)17-11(14-6)15-8(16-17)9(18)13-5-12(3,21)10(19)20/h4,21H,5H2,1-3H3,(H,13,18)(H,19,20). The molecule has 1 unspecified atom stereocenters. The van der Waals surface area contributed by atoms with Gasteiger partial charge in [0, 0.05) is 11.4 Å². The van der Waals surface area contributed by atoms with Crippen molar-refractivity contribution in [3.63, 3.8) is 0 Å². The summed E-state index contributed by atoms with van der Waals surface area (Å²) in [4.78, 5) is 30.8. The van der Waals surface area contributed by atoms with E-state index in [-0.39, 0.29) is 11.6 Å². The number of carbonyl (C=O) groups is 2. The van der Waals surface area contributed by atoms with E-state index >= 15 is 0 Å². The summed E-state index contributed by atoms with van der Waals surface area (Å²) in [5.41, 5.74) is -0.547. The maximum absolute atomic E-state index is 11.9. The predicted molar refractivity (Wildman–Crippen MR) is 70.8 cm³/mol. The number of nitrogens with one attached hydrogen (secondary N) is 1. The van der Waals surface area contributed by atoms with Crippen molar-refractivity contribution in [2.75, 3.05) is 6.54 Å². The molecule has 9 nitrogen and oxygen atoms in total. The molecule has 112 valence electrons. The Labute approximate surface area is 119 Å². The van der Waals surface area contributed by atoms with Crippen LogP contribution in [-0.4, -0.2) is 53.8 Å². The lowest BCUT2D eigenvalue weighted by molar-refractivity contribution is -0.155. The van der Waals surface area contributed by atoms with Crippen LogP contribution < -0.4 is 5.32 Å². The van der Waals surface area contributed by atoms with Gasteiger partial charge in [-0.1, -0.05) is 0 Å². The van der Waals surface area contributed by atoms with Gasteiger partial charge < -0.3 is 15.5 Å². The minimum Gasteiger partial charge on any atom is -0.479 e. The number of carboxylic acid groups (broad SMARTS) is 1. The molecule has 0 spiro atoms. The average Bonchev–Trinajstić information content (AvgIpc) is 2.80. The molecule has 3 N–H and O–H groups in total. The topological polar surface area (TPSA) is 130 Å². The van der Waals surface area contributed by atoms with Gasteiger partial charge in [0.25, 0.3) is 11.7 Å². The van der Waals surface area contributed by atoms with Gasteiger partial charge in [-0.3, -0.25) is 4.79 Å². The van der Waals surface area contributed by atoms with Crippen LogP contribution in [0.1, 0.15) is 28.9 Å². The van der Waals surface area contributed by atoms with Crippen LogP contribution in [0.3, 0.4) is 0 Å². The molecule has 9 heteroatoms. The van der Waals surface area contributed by atoms with Crippen molar-refractivity contribution in [3.05, 3.63) is 23.3 Å². The van der Waals surface area contributed by atoms with Crippen LogP contribution in [0.4, 0.5) is 0 Å². The number of hydrogen-bond acceptors (Lipinski definition) is 6. The van der Waals surface area contributed by atoms with Gasteiger partial charge >= 0.3 is 5.97 Å². The molecule has 1 amide bonds. The molecule has 0 aliphatic heterocycles. The Morgan fingerprint density at radius 2 is 2.05 bits per heavy atom. The quantitative estimate of drug-likeness (QED) is 0.680. The van der Waals surface area contributed by atoms with Gasteiger partial charge in [-0.2, -0.15) is 4.98 Å². The fourth-order valence-corrected chi connectivity index (χ4v) is 1.67. The molecule has 0 aliphatic rings. The largest absolute Gasteiger partial charge is 0.479 e. The maximum atomic E-state index is 11.9. The van der Waals surface area contributed by atoms with Crippen LogP contribution in [0.25, 0.3) is 5.78 Å². The van der Waals surface area contributed by atoms with E-state index in [1.54, 1.807) is 19.9 Å². The zero-order valence-corrected chi connectivity index (χ0v) is 11.8. The number of fused-ring (bicyclic) bond motifs is 1. The average molecular weight is 293 g/mol. The maximum Gasteiger partial charge on any atom is 0.337 e. The number of aliphatic hydroxyl groups is 1. The zero-order chi connectivity index (χ0) is 15.8. The SMILES string of the molecule is Cc1cc(C)n2nc(C(=O)NCC(C)(O)C(=O)O)nc2n1. The number of aromatic nitrogens is 4. The van der Waals surface area contributed by atoms with Gasteiger partial charge in [0.1, 0.15) is 0 Å². The molecule has 2 aromatic rings. The van der Waals surface area contributed by atoms with Crippen molar-refractivity contribution in [1.82, 2.24) is 24.9 Å². The fraction of sp³-hybridized carbons (Fsp3) is 0.417. The second kappa shape index (κ2) is 5.09. The molecule has 0 aromatic carbocycles. The Morgan fingerprint density at radius 3 is 2.67 bits per heavy atom. The zero-order valence-electron chi connectivity index (χ0n) is 11.8. The van der Waals surface area contributed by atoms with E-state index in [1.165, 1.54) is 4.52 Å². The monoisotopic (exact) mass is 293 g/mol. The first-order valence-corrected chi connectivity index (χ1v) is 6.16. The molecule has 0 radical (unpaired) electrons. The van der Waals surface area contributed by atoms with Gasteiger partial charge in [-0.25, -0.2) is 14.3 Å². The summed E-state index contributed by atoms with van der Waals surface area (Å²) < 4.78 is 1.41. The molecular formula is C12H15N5O4. The molecule has 0 saturated carbocycles. The van der Waals surface area contributed by atoms with Crippen LogP contribution in [0.2, 0.25) is 0 Å². The Balaban J connectivity index is 2.21. The molecule has 0 aliphatic carbocycles. The lowest BCUT2D eigenvalue weighted by atomic mass is 10.1. The molecule has 2 aromatic heterocycles. The van der Waals surface area contributed by atoms with Crippen molar-refractivity contribution in [3.8, 4) is 0 Å². The second-order valence-electron chi connectivity index (χ2n) is 4.95. The minimum atomic E-state index is -2.06. The molecule has 0 saturated heterocycles. The predicted octanol–water partition coefficient (Wildman–Crippen LogP) is -0.693. The van der Waals surface area contributed by atoms with Gasteiger partial charge in [0.15, 0.2) is 5.60 Å². The van der Waals surface area contributed by atoms with Crippen molar-refractivity contribution in [2.24, 2.45) is 0 Å². The lowest BCUT2D eigenvalue weighted by Crippen LogP contribution is -2.46. The molecular weight excluding hydrogens is 278 g/mol. The molecule has 21 heavy (non-hydrogen) atoms. The first-order valence-electron chi connectivity index (χ1n) is 6.16. The first-order chi connectivity index (χ1) is 9.70. The Kier molecular flexibility index (Phi) is 3.60. The fourth-order valence-electron chi connectivity index (χ4n) is 1.67. The first kappa shape index (κ1) is 14.9. The van der Waals surface area contributed by atoms with E-state index in [1.807, 2.05) is 0 Å².